The van der Waals surface area contributed by atoms with Crippen LogP contribution in [0.4, 0.5) is 0 Å². The van der Waals surface area contributed by atoms with E-state index in [4.69, 9.17) is 28.3 Å². The Hall–Kier alpha value is -0.820. The largest absolute Gasteiger partial charge is 0.349 e. The molecule has 1 aliphatic carbocycles. The van der Waals surface area contributed by atoms with Gasteiger partial charge in [0.15, 0.2) is 0 Å². The van der Waals surface area contributed by atoms with E-state index in [1.165, 1.54) is 0 Å². The normalized spacial score (nSPS) is 22.2. The molecular weight excluding hydrogens is 323 g/mol. The zero-order valence-corrected chi connectivity index (χ0v) is 13.0. The van der Waals surface area contributed by atoms with Crippen molar-refractivity contribution in [3.8, 4) is 0 Å². The molecule has 3 N–H and O–H groups in total. The maximum atomic E-state index is 12.1. The fraction of sp³-hybridized carbons (Fsp3) is 0.417. The summed E-state index contributed by atoms with van der Waals surface area (Å²) in [5.74, 6) is 0.134. The van der Waals surface area contributed by atoms with Crippen molar-refractivity contribution >= 4 is 39.1 Å². The molecule has 0 saturated heterocycles. The van der Waals surface area contributed by atoms with Crippen molar-refractivity contribution in [2.24, 2.45) is 11.1 Å². The summed E-state index contributed by atoms with van der Waals surface area (Å²) in [6, 6.07) is 2.35. The van der Waals surface area contributed by atoms with Gasteiger partial charge in [0.2, 0.25) is 10.0 Å². The van der Waals surface area contributed by atoms with E-state index in [1.807, 2.05) is 0 Å². The number of halogens is 2. The van der Waals surface area contributed by atoms with E-state index in [1.54, 1.807) is 0 Å². The lowest BCUT2D eigenvalue weighted by molar-refractivity contribution is 0.0896. The highest BCUT2D eigenvalue weighted by molar-refractivity contribution is 7.89. The average Bonchev–Trinajstić information content (AvgIpc) is 2.28. The van der Waals surface area contributed by atoms with Gasteiger partial charge in [0.25, 0.3) is 5.91 Å². The Labute approximate surface area is 127 Å². The number of hydrogen-bond donors (Lipinski definition) is 2. The molecule has 8 heteroatoms. The van der Waals surface area contributed by atoms with Crippen molar-refractivity contribution in [3.05, 3.63) is 27.7 Å². The molecule has 1 fully saturated rings. The molecule has 0 aromatic heterocycles. The molecule has 0 aliphatic heterocycles. The third-order valence-corrected chi connectivity index (χ3v) is 4.98. The number of nitrogens with two attached hydrogens (primary N) is 1. The minimum absolute atomic E-state index is 0.0164. The highest BCUT2D eigenvalue weighted by Gasteiger charge is 2.28. The van der Waals surface area contributed by atoms with Crippen molar-refractivity contribution in [3.63, 3.8) is 0 Å². The third kappa shape index (κ3) is 3.25. The Bertz CT molecular complexity index is 655. The number of carbonyl (C=O) groups excluding carboxylic acids is 1. The van der Waals surface area contributed by atoms with Crippen molar-refractivity contribution in [2.75, 3.05) is 0 Å². The number of benzene rings is 1. The quantitative estimate of drug-likeness (QED) is 0.886. The van der Waals surface area contributed by atoms with Gasteiger partial charge in [-0.15, -0.1) is 0 Å². The van der Waals surface area contributed by atoms with Gasteiger partial charge in [0.05, 0.1) is 20.5 Å². The lowest BCUT2D eigenvalue weighted by Gasteiger charge is -2.33. The predicted molar refractivity (Wildman–Crippen MR) is 77.5 cm³/mol. The average molecular weight is 337 g/mol. The van der Waals surface area contributed by atoms with E-state index >= 15 is 0 Å². The van der Waals surface area contributed by atoms with Crippen molar-refractivity contribution in [1.29, 1.82) is 0 Å². The summed E-state index contributed by atoms with van der Waals surface area (Å²) in [4.78, 5) is 11.9. The summed E-state index contributed by atoms with van der Waals surface area (Å²) in [7, 11) is -3.95. The van der Waals surface area contributed by atoms with Gasteiger partial charge < -0.3 is 5.32 Å². The number of primary sulfonamides is 1. The molecule has 1 aliphatic rings. The lowest BCUT2D eigenvalue weighted by atomic mass is 9.82. The van der Waals surface area contributed by atoms with Gasteiger partial charge in [-0.05, 0) is 30.9 Å². The van der Waals surface area contributed by atoms with Gasteiger partial charge in [-0.1, -0.05) is 30.1 Å². The Morgan fingerprint density at radius 2 is 1.95 bits per heavy atom. The summed E-state index contributed by atoms with van der Waals surface area (Å²) in [6.07, 6.45) is 1.79. The van der Waals surface area contributed by atoms with Crippen molar-refractivity contribution < 1.29 is 13.2 Å². The van der Waals surface area contributed by atoms with Crippen molar-refractivity contribution in [1.82, 2.24) is 5.32 Å². The summed E-state index contributed by atoms with van der Waals surface area (Å²) < 4.78 is 22.7. The number of nitrogens with one attached hydrogen (secondary N) is 1. The van der Waals surface area contributed by atoms with E-state index in [9.17, 15) is 13.2 Å². The monoisotopic (exact) mass is 336 g/mol. The van der Waals surface area contributed by atoms with Gasteiger partial charge in [-0.2, -0.15) is 0 Å². The second-order valence-corrected chi connectivity index (χ2v) is 7.41. The zero-order valence-electron chi connectivity index (χ0n) is 10.7. The Morgan fingerprint density at radius 1 is 1.35 bits per heavy atom. The number of carbonyl (C=O) groups is 1. The molecular formula is C12H14Cl2N2O3S. The van der Waals surface area contributed by atoms with Gasteiger partial charge in [-0.25, -0.2) is 13.6 Å². The minimum atomic E-state index is -3.95. The molecule has 5 nitrogen and oxygen atoms in total. The van der Waals surface area contributed by atoms with Crippen LogP contribution in [0.1, 0.15) is 30.1 Å². The third-order valence-electron chi connectivity index (χ3n) is 3.28. The van der Waals surface area contributed by atoms with Crippen LogP contribution < -0.4 is 10.5 Å². The summed E-state index contributed by atoms with van der Waals surface area (Å²) >= 11 is 11.8. The van der Waals surface area contributed by atoms with Crippen LogP contribution >= 0.6 is 23.2 Å². The first-order chi connectivity index (χ1) is 9.18. The molecule has 0 spiro atoms. The first kappa shape index (κ1) is 15.6. The van der Waals surface area contributed by atoms with Crippen LogP contribution in [0.15, 0.2) is 17.0 Å². The second-order valence-electron chi connectivity index (χ2n) is 5.06. The van der Waals surface area contributed by atoms with Crippen LogP contribution in [0, 0.1) is 5.92 Å². The molecule has 2 rings (SSSR count). The molecule has 0 atom stereocenters. The van der Waals surface area contributed by atoms with Crippen LogP contribution in [0.25, 0.3) is 0 Å². The fourth-order valence-corrected chi connectivity index (χ4v) is 3.22. The van der Waals surface area contributed by atoms with Crippen molar-refractivity contribution in [2.45, 2.75) is 30.7 Å². The van der Waals surface area contributed by atoms with Crippen LogP contribution in [0.5, 0.6) is 0 Å². The Morgan fingerprint density at radius 3 is 2.45 bits per heavy atom. The molecule has 0 radical (unpaired) electrons. The topological polar surface area (TPSA) is 89.3 Å². The number of amides is 1. The molecule has 0 heterocycles. The molecule has 1 saturated carbocycles. The fourth-order valence-electron chi connectivity index (χ4n) is 2.18. The Kier molecular flexibility index (Phi) is 4.30. The van der Waals surface area contributed by atoms with E-state index in [0.29, 0.717) is 5.92 Å². The summed E-state index contributed by atoms with van der Waals surface area (Å²) in [6.45, 7) is 2.09. The van der Waals surface area contributed by atoms with Crippen LogP contribution in [0.3, 0.4) is 0 Å². The van der Waals surface area contributed by atoms with E-state index in [2.05, 4.69) is 12.2 Å². The highest BCUT2D eigenvalue weighted by Crippen LogP contribution is 2.31. The molecule has 0 unspecified atom stereocenters. The van der Waals surface area contributed by atoms with Crippen LogP contribution in [-0.2, 0) is 10.0 Å². The number of hydrogen-bond acceptors (Lipinski definition) is 3. The molecule has 1 aromatic carbocycles. The second kappa shape index (κ2) is 5.52. The maximum Gasteiger partial charge on any atom is 0.253 e. The maximum absolute atomic E-state index is 12.1. The SMILES string of the molecule is CC1CC(NC(=O)c2cc(S(N)(=O)=O)cc(Cl)c2Cl)C1. The molecule has 110 valence electrons. The summed E-state index contributed by atoms with van der Waals surface area (Å²) in [5.41, 5.74) is 0.0164. The molecule has 20 heavy (non-hydrogen) atoms. The standard InChI is InChI=1S/C12H14Cl2N2O3S/c1-6-2-7(3-6)16-12(17)9-4-8(20(15,18)19)5-10(13)11(9)14/h4-7H,2-3H2,1H3,(H,16,17)(H2,15,18,19). The minimum Gasteiger partial charge on any atom is -0.349 e. The van der Waals surface area contributed by atoms with Crippen LogP contribution in [0.2, 0.25) is 10.0 Å². The van der Waals surface area contributed by atoms with E-state index < -0.39 is 15.9 Å². The molecule has 1 amide bonds. The van der Waals surface area contributed by atoms with E-state index in [-0.39, 0.29) is 26.5 Å². The highest BCUT2D eigenvalue weighted by atomic mass is 35.5. The predicted octanol–water partition coefficient (Wildman–Crippen LogP) is 2.17. The number of sulfonamides is 1. The number of rotatable bonds is 3. The van der Waals surface area contributed by atoms with Gasteiger partial charge in [0, 0.05) is 6.04 Å². The van der Waals surface area contributed by atoms with Gasteiger partial charge in [-0.3, -0.25) is 4.79 Å². The lowest BCUT2D eigenvalue weighted by Crippen LogP contribution is -2.43. The zero-order chi connectivity index (χ0) is 15.1. The Balaban J connectivity index is 2.30. The molecule has 1 aromatic rings. The first-order valence-corrected chi connectivity index (χ1v) is 8.31. The van der Waals surface area contributed by atoms with Gasteiger partial charge in [0.1, 0.15) is 0 Å². The van der Waals surface area contributed by atoms with E-state index in [0.717, 1.165) is 25.0 Å². The van der Waals surface area contributed by atoms with Gasteiger partial charge >= 0.3 is 0 Å². The van der Waals surface area contributed by atoms with Crippen LogP contribution in [-0.4, -0.2) is 20.4 Å². The molecule has 0 bridgehead atoms. The first-order valence-electron chi connectivity index (χ1n) is 6.01. The summed E-state index contributed by atoms with van der Waals surface area (Å²) in [5, 5.41) is 7.83. The smallest absolute Gasteiger partial charge is 0.253 e.